The highest BCUT2D eigenvalue weighted by Crippen LogP contribution is 2.30. The molecule has 122 valence electrons. The van der Waals surface area contributed by atoms with Crippen LogP contribution >= 0.6 is 12.4 Å². The van der Waals surface area contributed by atoms with E-state index in [1.54, 1.807) is 12.1 Å². The van der Waals surface area contributed by atoms with Crippen molar-refractivity contribution >= 4 is 45.1 Å². The molecule has 0 amide bonds. The number of sulfonamides is 1. The van der Waals surface area contributed by atoms with Gasteiger partial charge in [-0.1, -0.05) is 13.3 Å². The quantitative estimate of drug-likeness (QED) is 0.835. The zero-order chi connectivity index (χ0) is 15.6. The Hall–Kier alpha value is -1.73. The van der Waals surface area contributed by atoms with Gasteiger partial charge in [-0.3, -0.25) is 4.72 Å². The van der Waals surface area contributed by atoms with Crippen LogP contribution < -0.4 is 4.72 Å². The first-order chi connectivity index (χ1) is 9.81. The fourth-order valence-electron chi connectivity index (χ4n) is 2.17. The molecule has 0 unspecified atom stereocenters. The van der Waals surface area contributed by atoms with Crippen LogP contribution in [0, 0.1) is 0 Å². The third-order valence-corrected chi connectivity index (χ3v) is 3.64. The Morgan fingerprint density at radius 2 is 2.05 bits per heavy atom. The van der Waals surface area contributed by atoms with E-state index < -0.39 is 16.0 Å². The molecule has 2 aromatic rings. The number of aromatic carboxylic acids is 1. The molecule has 1 aromatic carbocycles. The highest BCUT2D eigenvalue weighted by atomic mass is 35.5. The zero-order valence-electron chi connectivity index (χ0n) is 12.3. The summed E-state index contributed by atoms with van der Waals surface area (Å²) in [6.07, 6.45) is 3.34. The molecule has 2 N–H and O–H groups in total. The molecule has 1 heterocycles. The summed E-state index contributed by atoms with van der Waals surface area (Å²) in [4.78, 5) is 11.5. The third kappa shape index (κ3) is 4.14. The molecule has 1 aromatic heterocycles. The predicted octanol–water partition coefficient (Wildman–Crippen LogP) is 3.27. The SMILES string of the molecule is CCCCc1oc2ccc(NS(C)(=O)=O)cc2c1C(=O)O.Cl. The molecule has 2 rings (SSSR count). The third-order valence-electron chi connectivity index (χ3n) is 3.04. The highest BCUT2D eigenvalue weighted by Gasteiger charge is 2.20. The van der Waals surface area contributed by atoms with Gasteiger partial charge in [-0.2, -0.15) is 0 Å². The van der Waals surface area contributed by atoms with Crippen molar-refractivity contribution < 1.29 is 22.7 Å². The van der Waals surface area contributed by atoms with Crippen LogP contribution in [0.5, 0.6) is 0 Å². The van der Waals surface area contributed by atoms with E-state index in [4.69, 9.17) is 4.42 Å². The minimum atomic E-state index is -3.41. The molecule has 0 radical (unpaired) electrons. The fraction of sp³-hybridized carbons (Fsp3) is 0.357. The molecule has 0 aliphatic heterocycles. The number of halogens is 1. The van der Waals surface area contributed by atoms with Crippen molar-refractivity contribution in [2.75, 3.05) is 11.0 Å². The van der Waals surface area contributed by atoms with Crippen LogP contribution in [-0.2, 0) is 16.4 Å². The van der Waals surface area contributed by atoms with Gasteiger partial charge in [-0.15, -0.1) is 12.4 Å². The number of carboxylic acid groups (broad SMARTS) is 1. The van der Waals surface area contributed by atoms with E-state index in [0.29, 0.717) is 28.8 Å². The van der Waals surface area contributed by atoms with Crippen LogP contribution in [0.3, 0.4) is 0 Å². The molecule has 0 aliphatic rings. The molecule has 22 heavy (non-hydrogen) atoms. The van der Waals surface area contributed by atoms with Gasteiger partial charge in [0, 0.05) is 17.5 Å². The summed E-state index contributed by atoms with van der Waals surface area (Å²) in [5.41, 5.74) is 0.864. The van der Waals surface area contributed by atoms with Crippen LogP contribution in [-0.4, -0.2) is 25.7 Å². The average Bonchev–Trinajstić information content (AvgIpc) is 2.71. The number of fused-ring (bicyclic) bond motifs is 1. The maximum Gasteiger partial charge on any atom is 0.339 e. The minimum absolute atomic E-state index is 0. The summed E-state index contributed by atoms with van der Waals surface area (Å²) in [6.45, 7) is 2.01. The van der Waals surface area contributed by atoms with Gasteiger partial charge >= 0.3 is 5.97 Å². The Bertz CT molecular complexity index is 782. The summed E-state index contributed by atoms with van der Waals surface area (Å²) in [5.74, 6) is -0.646. The second kappa shape index (κ2) is 7.02. The molecule has 6 nitrogen and oxygen atoms in total. The van der Waals surface area contributed by atoms with E-state index >= 15 is 0 Å². The number of benzene rings is 1. The number of furan rings is 1. The Kier molecular flexibility index (Phi) is 5.85. The van der Waals surface area contributed by atoms with Gasteiger partial charge in [-0.25, -0.2) is 13.2 Å². The lowest BCUT2D eigenvalue weighted by atomic mass is 10.1. The van der Waals surface area contributed by atoms with Gasteiger partial charge in [0.15, 0.2) is 0 Å². The lowest BCUT2D eigenvalue weighted by molar-refractivity contribution is 0.0696. The summed E-state index contributed by atoms with van der Waals surface area (Å²) in [5, 5.41) is 9.78. The fourth-order valence-corrected chi connectivity index (χ4v) is 2.73. The monoisotopic (exact) mass is 347 g/mol. The largest absolute Gasteiger partial charge is 0.478 e. The first-order valence-corrected chi connectivity index (χ1v) is 8.47. The normalized spacial score (nSPS) is 11.2. The Morgan fingerprint density at radius 3 is 2.59 bits per heavy atom. The molecule has 0 saturated heterocycles. The number of rotatable bonds is 6. The lowest BCUT2D eigenvalue weighted by Gasteiger charge is -2.03. The number of unbranched alkanes of at least 4 members (excludes halogenated alkanes) is 1. The van der Waals surface area contributed by atoms with E-state index in [2.05, 4.69) is 4.72 Å². The first kappa shape index (κ1) is 18.3. The summed E-state index contributed by atoms with van der Waals surface area (Å²) < 4.78 is 30.4. The van der Waals surface area contributed by atoms with Gasteiger partial charge in [0.1, 0.15) is 16.9 Å². The molecule has 0 aliphatic carbocycles. The summed E-state index contributed by atoms with van der Waals surface area (Å²) >= 11 is 0. The van der Waals surface area contributed by atoms with Crippen LogP contribution in [0.1, 0.15) is 35.9 Å². The van der Waals surface area contributed by atoms with Gasteiger partial charge < -0.3 is 9.52 Å². The molecule has 0 atom stereocenters. The van der Waals surface area contributed by atoms with E-state index in [9.17, 15) is 18.3 Å². The van der Waals surface area contributed by atoms with Crippen LogP contribution in [0.2, 0.25) is 0 Å². The molecular formula is C14H18ClNO5S. The first-order valence-electron chi connectivity index (χ1n) is 6.58. The maximum absolute atomic E-state index is 11.5. The van der Waals surface area contributed by atoms with Crippen LogP contribution in [0.25, 0.3) is 11.0 Å². The highest BCUT2D eigenvalue weighted by molar-refractivity contribution is 7.92. The molecule has 0 fully saturated rings. The number of hydrogen-bond acceptors (Lipinski definition) is 4. The number of hydrogen-bond donors (Lipinski definition) is 2. The van der Waals surface area contributed by atoms with Crippen molar-refractivity contribution in [2.45, 2.75) is 26.2 Å². The number of carbonyl (C=O) groups is 1. The zero-order valence-corrected chi connectivity index (χ0v) is 13.9. The van der Waals surface area contributed by atoms with Crippen LogP contribution in [0.15, 0.2) is 22.6 Å². The Morgan fingerprint density at radius 1 is 1.36 bits per heavy atom. The number of carboxylic acids is 1. The second-order valence-corrected chi connectivity index (χ2v) is 6.64. The van der Waals surface area contributed by atoms with Crippen molar-refractivity contribution in [3.05, 3.63) is 29.5 Å². The molecule has 0 saturated carbocycles. The second-order valence-electron chi connectivity index (χ2n) is 4.89. The lowest BCUT2D eigenvalue weighted by Crippen LogP contribution is -2.09. The van der Waals surface area contributed by atoms with Crippen molar-refractivity contribution in [3.63, 3.8) is 0 Å². The Balaban J connectivity index is 0.00000242. The molecule has 0 spiro atoms. The topological polar surface area (TPSA) is 96.6 Å². The maximum atomic E-state index is 11.5. The van der Waals surface area contributed by atoms with E-state index in [-0.39, 0.29) is 18.0 Å². The summed E-state index contributed by atoms with van der Waals surface area (Å²) in [6, 6.07) is 4.60. The van der Waals surface area contributed by atoms with Crippen LogP contribution in [0.4, 0.5) is 5.69 Å². The molecule has 8 heteroatoms. The van der Waals surface area contributed by atoms with Crippen molar-refractivity contribution in [2.24, 2.45) is 0 Å². The van der Waals surface area contributed by atoms with Crippen molar-refractivity contribution in [3.8, 4) is 0 Å². The minimum Gasteiger partial charge on any atom is -0.478 e. The molecular weight excluding hydrogens is 330 g/mol. The van der Waals surface area contributed by atoms with E-state index in [0.717, 1.165) is 19.1 Å². The van der Waals surface area contributed by atoms with E-state index in [1.165, 1.54) is 6.07 Å². The predicted molar refractivity (Wildman–Crippen MR) is 87.5 cm³/mol. The Labute approximate surface area is 135 Å². The standard InChI is InChI=1S/C14H17NO5S.ClH/c1-3-4-5-12-13(14(16)17)10-8-9(15-21(2,18)19)6-7-11(10)20-12;/h6-8,15H,3-5H2,1-2H3,(H,16,17);1H. The molecule has 0 bridgehead atoms. The average molecular weight is 348 g/mol. The number of aryl methyl sites for hydroxylation is 1. The van der Waals surface area contributed by atoms with Gasteiger partial charge in [-0.05, 0) is 24.6 Å². The van der Waals surface area contributed by atoms with Crippen molar-refractivity contribution in [1.29, 1.82) is 0 Å². The van der Waals surface area contributed by atoms with E-state index in [1.807, 2.05) is 6.92 Å². The van der Waals surface area contributed by atoms with Gasteiger partial charge in [0.2, 0.25) is 10.0 Å². The van der Waals surface area contributed by atoms with Gasteiger partial charge in [0.25, 0.3) is 0 Å². The number of anilines is 1. The van der Waals surface area contributed by atoms with Gasteiger partial charge in [0.05, 0.1) is 6.26 Å². The smallest absolute Gasteiger partial charge is 0.339 e. The number of nitrogens with one attached hydrogen (secondary N) is 1. The summed E-state index contributed by atoms with van der Waals surface area (Å²) in [7, 11) is -3.41. The van der Waals surface area contributed by atoms with Crippen molar-refractivity contribution in [1.82, 2.24) is 0 Å².